The number of carbonyl (C=O) groups excluding carboxylic acids is 2. The molecule has 1 heterocycles. The standard InChI is InChI=1S/C30H29N3O3S/c1-4-21-10-12-22(13-11-21)18-27-29(35)33(23-14-16-24(17-15-23)36-5-2)30(37-27)25(19-31)28(34)32-26-9-7-6-8-20(26)3/h6-17,27H,4-5,18H2,1-3H3,(H,32,34)/b30-25-. The monoisotopic (exact) mass is 511 g/mol. The fraction of sp³-hybridized carbons (Fsp3) is 0.233. The van der Waals surface area contributed by atoms with Crippen molar-refractivity contribution in [2.75, 3.05) is 16.8 Å². The summed E-state index contributed by atoms with van der Waals surface area (Å²) in [5, 5.41) is 12.8. The van der Waals surface area contributed by atoms with Crippen molar-refractivity contribution in [3.8, 4) is 11.8 Å². The second kappa shape index (κ2) is 11.8. The Hall–Kier alpha value is -4.02. The third-order valence-electron chi connectivity index (χ3n) is 6.16. The van der Waals surface area contributed by atoms with Crippen molar-refractivity contribution in [1.29, 1.82) is 5.26 Å². The zero-order valence-corrected chi connectivity index (χ0v) is 22.0. The maximum absolute atomic E-state index is 13.7. The topological polar surface area (TPSA) is 82.4 Å². The SMILES string of the molecule is CCOc1ccc(N2C(=O)C(Cc3ccc(CC)cc3)S/C2=C(/C#N)C(=O)Nc2ccccc2C)cc1. The summed E-state index contributed by atoms with van der Waals surface area (Å²) in [6.07, 6.45) is 1.43. The van der Waals surface area contributed by atoms with Crippen LogP contribution in [-0.4, -0.2) is 23.7 Å². The van der Waals surface area contributed by atoms with Crippen LogP contribution in [0.3, 0.4) is 0 Å². The first-order chi connectivity index (χ1) is 17.9. The lowest BCUT2D eigenvalue weighted by molar-refractivity contribution is -0.117. The van der Waals surface area contributed by atoms with Gasteiger partial charge in [0.15, 0.2) is 0 Å². The van der Waals surface area contributed by atoms with Crippen LogP contribution in [0.5, 0.6) is 5.75 Å². The van der Waals surface area contributed by atoms with E-state index in [0.717, 1.165) is 17.5 Å². The first-order valence-electron chi connectivity index (χ1n) is 12.3. The van der Waals surface area contributed by atoms with E-state index in [1.54, 1.807) is 30.3 Å². The normalized spacial score (nSPS) is 16.3. The Kier molecular flexibility index (Phi) is 8.32. The van der Waals surface area contributed by atoms with Crippen LogP contribution in [0.25, 0.3) is 0 Å². The molecular formula is C30H29N3O3S. The van der Waals surface area contributed by atoms with Gasteiger partial charge in [0.25, 0.3) is 5.91 Å². The van der Waals surface area contributed by atoms with Crippen molar-refractivity contribution in [3.05, 3.63) is 100 Å². The van der Waals surface area contributed by atoms with Crippen molar-refractivity contribution >= 4 is 35.0 Å². The van der Waals surface area contributed by atoms with Crippen molar-refractivity contribution in [3.63, 3.8) is 0 Å². The molecule has 1 N–H and O–H groups in total. The molecule has 4 rings (SSSR count). The summed E-state index contributed by atoms with van der Waals surface area (Å²) in [7, 11) is 0. The molecule has 0 radical (unpaired) electrons. The number of thioether (sulfide) groups is 1. The molecule has 1 fully saturated rings. The Bertz CT molecular complexity index is 1360. The Balaban J connectivity index is 1.71. The number of hydrogen-bond donors (Lipinski definition) is 1. The van der Waals surface area contributed by atoms with E-state index in [2.05, 4.69) is 30.4 Å². The summed E-state index contributed by atoms with van der Waals surface area (Å²) in [6, 6.07) is 24.7. The third kappa shape index (κ3) is 5.87. The molecule has 1 aliphatic heterocycles. The summed E-state index contributed by atoms with van der Waals surface area (Å²) in [4.78, 5) is 28.5. The van der Waals surface area contributed by atoms with Crippen molar-refractivity contribution in [1.82, 2.24) is 0 Å². The zero-order chi connectivity index (χ0) is 26.4. The molecule has 188 valence electrons. The Morgan fingerprint density at radius 1 is 1.03 bits per heavy atom. The lowest BCUT2D eigenvalue weighted by Crippen LogP contribution is -2.31. The molecular weight excluding hydrogens is 482 g/mol. The highest BCUT2D eigenvalue weighted by molar-refractivity contribution is 8.05. The molecule has 0 saturated carbocycles. The Morgan fingerprint density at radius 3 is 2.32 bits per heavy atom. The predicted octanol–water partition coefficient (Wildman–Crippen LogP) is 6.02. The molecule has 2 amide bonds. The lowest BCUT2D eigenvalue weighted by Gasteiger charge is -2.19. The smallest absolute Gasteiger partial charge is 0.269 e. The van der Waals surface area contributed by atoms with Gasteiger partial charge in [0.1, 0.15) is 22.4 Å². The molecule has 37 heavy (non-hydrogen) atoms. The highest BCUT2D eigenvalue weighted by Gasteiger charge is 2.40. The number of amides is 2. The van der Waals surface area contributed by atoms with Crippen LogP contribution < -0.4 is 15.0 Å². The highest BCUT2D eigenvalue weighted by atomic mass is 32.2. The summed E-state index contributed by atoms with van der Waals surface area (Å²) >= 11 is 1.26. The number of nitrogens with one attached hydrogen (secondary N) is 1. The average molecular weight is 512 g/mol. The number of carbonyl (C=O) groups is 2. The number of benzene rings is 3. The molecule has 0 spiro atoms. The quantitative estimate of drug-likeness (QED) is 0.295. The van der Waals surface area contributed by atoms with E-state index < -0.39 is 11.2 Å². The number of nitriles is 1. The predicted molar refractivity (Wildman–Crippen MR) is 148 cm³/mol. The molecule has 6 nitrogen and oxygen atoms in total. The Morgan fingerprint density at radius 2 is 1.70 bits per heavy atom. The maximum atomic E-state index is 13.7. The molecule has 3 aromatic carbocycles. The van der Waals surface area contributed by atoms with Gasteiger partial charge in [-0.15, -0.1) is 0 Å². The number of rotatable bonds is 8. The number of anilines is 2. The van der Waals surface area contributed by atoms with Crippen LogP contribution in [0.2, 0.25) is 0 Å². The third-order valence-corrected chi connectivity index (χ3v) is 7.42. The minimum absolute atomic E-state index is 0.0979. The Labute approximate surface area is 221 Å². The van der Waals surface area contributed by atoms with E-state index in [1.807, 2.05) is 44.2 Å². The van der Waals surface area contributed by atoms with Gasteiger partial charge in [-0.2, -0.15) is 5.26 Å². The van der Waals surface area contributed by atoms with Gasteiger partial charge < -0.3 is 10.1 Å². The second-order valence-electron chi connectivity index (χ2n) is 8.64. The lowest BCUT2D eigenvalue weighted by atomic mass is 10.1. The van der Waals surface area contributed by atoms with E-state index in [1.165, 1.54) is 22.2 Å². The zero-order valence-electron chi connectivity index (χ0n) is 21.2. The van der Waals surface area contributed by atoms with Crippen LogP contribution in [-0.2, 0) is 22.4 Å². The van der Waals surface area contributed by atoms with E-state index >= 15 is 0 Å². The second-order valence-corrected chi connectivity index (χ2v) is 9.83. The molecule has 0 bridgehead atoms. The molecule has 1 aliphatic rings. The van der Waals surface area contributed by atoms with Crippen LogP contribution in [0.1, 0.15) is 30.5 Å². The van der Waals surface area contributed by atoms with E-state index in [0.29, 0.717) is 35.2 Å². The summed E-state index contributed by atoms with van der Waals surface area (Å²) in [5.74, 6) is -0.0300. The van der Waals surface area contributed by atoms with Gasteiger partial charge in [-0.25, -0.2) is 0 Å². The number of aryl methyl sites for hydroxylation is 2. The average Bonchev–Trinajstić information content (AvgIpc) is 3.22. The molecule has 3 aromatic rings. The fourth-order valence-corrected chi connectivity index (χ4v) is 5.41. The fourth-order valence-electron chi connectivity index (χ4n) is 4.10. The van der Waals surface area contributed by atoms with Gasteiger partial charge in [0, 0.05) is 11.4 Å². The van der Waals surface area contributed by atoms with Gasteiger partial charge in [0.05, 0.1) is 11.9 Å². The van der Waals surface area contributed by atoms with E-state index in [4.69, 9.17) is 4.74 Å². The van der Waals surface area contributed by atoms with Crippen LogP contribution in [0.4, 0.5) is 11.4 Å². The maximum Gasteiger partial charge on any atom is 0.269 e. The number of hydrogen-bond acceptors (Lipinski definition) is 5. The van der Waals surface area contributed by atoms with Gasteiger partial charge in [-0.3, -0.25) is 14.5 Å². The summed E-state index contributed by atoms with van der Waals surface area (Å²) in [6.45, 7) is 6.41. The molecule has 1 unspecified atom stereocenters. The highest BCUT2D eigenvalue weighted by Crippen LogP contribution is 2.42. The summed E-state index contributed by atoms with van der Waals surface area (Å²) < 4.78 is 5.54. The van der Waals surface area contributed by atoms with Gasteiger partial charge in [-0.1, -0.05) is 61.2 Å². The molecule has 1 atom stereocenters. The number of para-hydroxylation sites is 1. The van der Waals surface area contributed by atoms with Gasteiger partial charge >= 0.3 is 0 Å². The molecule has 0 aliphatic carbocycles. The first kappa shape index (κ1) is 26.1. The number of ether oxygens (including phenoxy) is 1. The van der Waals surface area contributed by atoms with Gasteiger partial charge in [-0.05, 0) is 73.7 Å². The van der Waals surface area contributed by atoms with Gasteiger partial charge in [0.2, 0.25) is 5.91 Å². The van der Waals surface area contributed by atoms with Crippen LogP contribution in [0.15, 0.2) is 83.4 Å². The largest absolute Gasteiger partial charge is 0.494 e. The van der Waals surface area contributed by atoms with Crippen molar-refractivity contribution in [2.24, 2.45) is 0 Å². The first-order valence-corrected chi connectivity index (χ1v) is 13.2. The van der Waals surface area contributed by atoms with E-state index in [-0.39, 0.29) is 11.5 Å². The van der Waals surface area contributed by atoms with Crippen molar-refractivity contribution < 1.29 is 14.3 Å². The molecule has 1 saturated heterocycles. The van der Waals surface area contributed by atoms with Crippen LogP contribution >= 0.6 is 11.8 Å². The minimum Gasteiger partial charge on any atom is -0.494 e. The number of nitrogens with zero attached hydrogens (tertiary/aromatic N) is 2. The summed E-state index contributed by atoms with van der Waals surface area (Å²) in [5.41, 5.74) is 4.24. The van der Waals surface area contributed by atoms with Crippen LogP contribution in [0, 0.1) is 18.3 Å². The van der Waals surface area contributed by atoms with E-state index in [9.17, 15) is 14.9 Å². The molecule has 0 aromatic heterocycles. The van der Waals surface area contributed by atoms with Crippen molar-refractivity contribution in [2.45, 2.75) is 38.9 Å². The molecule has 7 heteroatoms. The minimum atomic E-state index is -0.545.